The number of aliphatic hydroxyl groups is 1. The van der Waals surface area contributed by atoms with Crippen LogP contribution in [-0.4, -0.2) is 26.7 Å². The molecule has 0 heterocycles. The van der Waals surface area contributed by atoms with E-state index in [9.17, 15) is 8.42 Å². The van der Waals surface area contributed by atoms with Crippen molar-refractivity contribution in [1.29, 1.82) is 0 Å². The van der Waals surface area contributed by atoms with E-state index in [1.807, 2.05) is 0 Å². The minimum atomic E-state index is -3.58. The number of halogens is 1. The minimum absolute atomic E-state index is 0.0641. The Morgan fingerprint density at radius 2 is 2.18 bits per heavy atom. The molecule has 0 aliphatic heterocycles. The highest BCUT2D eigenvalue weighted by molar-refractivity contribution is 9.10. The molecule has 0 saturated carbocycles. The van der Waals surface area contributed by atoms with Crippen LogP contribution in [0.15, 0.2) is 27.6 Å². The predicted molar refractivity (Wildman–Crippen MR) is 70.0 cm³/mol. The smallest absolute Gasteiger partial charge is 0.241 e. The van der Waals surface area contributed by atoms with E-state index in [1.54, 1.807) is 6.92 Å². The maximum Gasteiger partial charge on any atom is 0.241 e. The largest absolute Gasteiger partial charge is 0.399 e. The summed E-state index contributed by atoms with van der Waals surface area (Å²) in [5.41, 5.74) is 6.02. The van der Waals surface area contributed by atoms with Crippen LogP contribution in [0.3, 0.4) is 0 Å². The molecule has 0 bridgehead atoms. The first-order chi connectivity index (χ1) is 7.86. The van der Waals surface area contributed by atoms with E-state index in [1.165, 1.54) is 18.2 Å². The summed E-state index contributed by atoms with van der Waals surface area (Å²) in [5, 5.41) is 8.83. The second-order valence-corrected chi connectivity index (χ2v) is 6.42. The molecule has 0 amide bonds. The van der Waals surface area contributed by atoms with Gasteiger partial charge in [-0.1, -0.05) is 6.92 Å². The zero-order valence-electron chi connectivity index (χ0n) is 9.35. The molecule has 5 nitrogen and oxygen atoms in total. The Morgan fingerprint density at radius 1 is 1.53 bits per heavy atom. The maximum absolute atomic E-state index is 11.9. The first-order valence-corrected chi connectivity index (χ1v) is 7.30. The normalized spacial score (nSPS) is 13.6. The van der Waals surface area contributed by atoms with Gasteiger partial charge < -0.3 is 10.8 Å². The number of hydrogen-bond donors (Lipinski definition) is 3. The van der Waals surface area contributed by atoms with Crippen molar-refractivity contribution < 1.29 is 13.5 Å². The molecular formula is C10H15BrN2O3S. The number of nitrogens with one attached hydrogen (secondary N) is 1. The summed E-state index contributed by atoms with van der Waals surface area (Å²) in [6.07, 6.45) is 0. The van der Waals surface area contributed by atoms with Gasteiger partial charge in [0.2, 0.25) is 10.0 Å². The molecule has 1 unspecified atom stereocenters. The van der Waals surface area contributed by atoms with E-state index in [0.29, 0.717) is 10.2 Å². The van der Waals surface area contributed by atoms with Gasteiger partial charge in [0.05, 0.1) is 4.90 Å². The Kier molecular flexibility index (Phi) is 4.93. The molecule has 1 aromatic rings. The first kappa shape index (κ1) is 14.4. The standard InChI is InChI=1S/C10H15BrN2O3S/c1-7(6-14)5-13-17(15,16)10-3-2-8(12)4-9(10)11/h2-4,7,13-14H,5-6,12H2,1H3. The highest BCUT2D eigenvalue weighted by atomic mass is 79.9. The number of aliphatic hydroxyl groups excluding tert-OH is 1. The van der Waals surface area contributed by atoms with Crippen molar-refractivity contribution in [2.45, 2.75) is 11.8 Å². The Morgan fingerprint density at radius 3 is 2.71 bits per heavy atom. The molecule has 0 aliphatic carbocycles. The summed E-state index contributed by atoms with van der Waals surface area (Å²) >= 11 is 3.16. The fraction of sp³-hybridized carbons (Fsp3) is 0.400. The van der Waals surface area contributed by atoms with E-state index in [0.717, 1.165) is 0 Å². The van der Waals surface area contributed by atoms with Gasteiger partial charge in [-0.25, -0.2) is 13.1 Å². The molecule has 0 radical (unpaired) electrons. The lowest BCUT2D eigenvalue weighted by molar-refractivity contribution is 0.238. The number of nitrogen functional groups attached to an aromatic ring is 1. The molecule has 0 saturated heterocycles. The lowest BCUT2D eigenvalue weighted by Gasteiger charge is -2.11. The van der Waals surface area contributed by atoms with Crippen LogP contribution < -0.4 is 10.5 Å². The van der Waals surface area contributed by atoms with Gasteiger partial charge in [-0.15, -0.1) is 0 Å². The Bertz CT molecular complexity index is 490. The number of rotatable bonds is 5. The number of sulfonamides is 1. The van der Waals surface area contributed by atoms with E-state index in [4.69, 9.17) is 10.8 Å². The second kappa shape index (κ2) is 5.81. The third-order valence-electron chi connectivity index (χ3n) is 2.18. The molecule has 1 rings (SSSR count). The van der Waals surface area contributed by atoms with Crippen LogP contribution >= 0.6 is 15.9 Å². The summed E-state index contributed by atoms with van der Waals surface area (Å²) in [4.78, 5) is 0.136. The summed E-state index contributed by atoms with van der Waals surface area (Å²) in [6, 6.07) is 4.49. The highest BCUT2D eigenvalue weighted by Crippen LogP contribution is 2.24. The molecule has 0 spiro atoms. The Hall–Kier alpha value is -0.630. The maximum atomic E-state index is 11.9. The van der Waals surface area contributed by atoms with Crippen LogP contribution in [0.4, 0.5) is 5.69 Å². The molecule has 17 heavy (non-hydrogen) atoms. The third kappa shape index (κ3) is 3.95. The fourth-order valence-electron chi connectivity index (χ4n) is 1.13. The molecule has 1 aromatic carbocycles. The van der Waals surface area contributed by atoms with Gasteiger partial charge in [-0.3, -0.25) is 0 Å². The van der Waals surface area contributed by atoms with E-state index < -0.39 is 10.0 Å². The van der Waals surface area contributed by atoms with Crippen molar-refractivity contribution in [2.24, 2.45) is 5.92 Å². The predicted octanol–water partition coefficient (Wildman–Crippen LogP) is 0.938. The van der Waals surface area contributed by atoms with Gasteiger partial charge in [-0.05, 0) is 40.0 Å². The van der Waals surface area contributed by atoms with Crippen LogP contribution in [0, 0.1) is 5.92 Å². The molecule has 96 valence electrons. The third-order valence-corrected chi connectivity index (χ3v) is 4.58. The van der Waals surface area contributed by atoms with Gasteiger partial charge in [-0.2, -0.15) is 0 Å². The second-order valence-electron chi connectivity index (χ2n) is 3.83. The number of benzene rings is 1. The van der Waals surface area contributed by atoms with E-state index in [-0.39, 0.29) is 24.0 Å². The molecule has 0 fully saturated rings. The van der Waals surface area contributed by atoms with Crippen molar-refractivity contribution >= 4 is 31.6 Å². The van der Waals surface area contributed by atoms with Crippen molar-refractivity contribution in [1.82, 2.24) is 4.72 Å². The van der Waals surface area contributed by atoms with E-state index in [2.05, 4.69) is 20.7 Å². The Balaban J connectivity index is 2.90. The first-order valence-electron chi connectivity index (χ1n) is 5.02. The van der Waals surface area contributed by atoms with Crippen LogP contribution in [-0.2, 0) is 10.0 Å². The van der Waals surface area contributed by atoms with Crippen molar-refractivity contribution in [3.05, 3.63) is 22.7 Å². The minimum Gasteiger partial charge on any atom is -0.399 e. The van der Waals surface area contributed by atoms with Crippen molar-refractivity contribution in [2.75, 3.05) is 18.9 Å². The molecule has 4 N–H and O–H groups in total. The van der Waals surface area contributed by atoms with Gasteiger partial charge in [0, 0.05) is 23.3 Å². The van der Waals surface area contributed by atoms with Gasteiger partial charge in [0.25, 0.3) is 0 Å². The van der Waals surface area contributed by atoms with Crippen molar-refractivity contribution in [3.63, 3.8) is 0 Å². The summed E-state index contributed by atoms with van der Waals surface area (Å²) < 4.78 is 26.7. The van der Waals surface area contributed by atoms with Crippen LogP contribution in [0.2, 0.25) is 0 Å². The molecule has 1 atom stereocenters. The molecular weight excluding hydrogens is 308 g/mol. The van der Waals surface area contributed by atoms with Gasteiger partial charge >= 0.3 is 0 Å². The summed E-state index contributed by atoms with van der Waals surface area (Å²) in [5.74, 6) is -0.127. The quantitative estimate of drug-likeness (QED) is 0.703. The van der Waals surface area contributed by atoms with Crippen LogP contribution in [0.25, 0.3) is 0 Å². The molecule has 7 heteroatoms. The average molecular weight is 323 g/mol. The van der Waals surface area contributed by atoms with E-state index >= 15 is 0 Å². The molecule has 0 aliphatic rings. The van der Waals surface area contributed by atoms with Gasteiger partial charge in [0.15, 0.2) is 0 Å². The summed E-state index contributed by atoms with van der Waals surface area (Å²) in [6.45, 7) is 1.88. The topological polar surface area (TPSA) is 92.4 Å². The van der Waals surface area contributed by atoms with Gasteiger partial charge in [0.1, 0.15) is 0 Å². The zero-order chi connectivity index (χ0) is 13.1. The zero-order valence-corrected chi connectivity index (χ0v) is 11.8. The monoisotopic (exact) mass is 322 g/mol. The van der Waals surface area contributed by atoms with Crippen molar-refractivity contribution in [3.8, 4) is 0 Å². The lowest BCUT2D eigenvalue weighted by Crippen LogP contribution is -2.29. The Labute approximate surface area is 109 Å². The van der Waals surface area contributed by atoms with Crippen LogP contribution in [0.5, 0.6) is 0 Å². The number of anilines is 1. The number of nitrogens with two attached hydrogens (primary N) is 1. The lowest BCUT2D eigenvalue weighted by atomic mass is 10.2. The summed E-state index contributed by atoms with van der Waals surface area (Å²) in [7, 11) is -3.58. The average Bonchev–Trinajstić information content (AvgIpc) is 2.25. The SMILES string of the molecule is CC(CO)CNS(=O)(=O)c1ccc(N)cc1Br. The highest BCUT2D eigenvalue weighted by Gasteiger charge is 2.18. The fourth-order valence-corrected chi connectivity index (χ4v) is 3.39. The molecule has 0 aromatic heterocycles. The van der Waals surface area contributed by atoms with Crippen LogP contribution in [0.1, 0.15) is 6.92 Å². The number of hydrogen-bond acceptors (Lipinski definition) is 4.